The zero-order valence-electron chi connectivity index (χ0n) is 11.4. The topological polar surface area (TPSA) is 29.3 Å². The normalized spacial score (nSPS) is 24.6. The first kappa shape index (κ1) is 14.8. The smallest absolute Gasteiger partial charge is 0.124 e. The van der Waals surface area contributed by atoms with Gasteiger partial charge in [0.2, 0.25) is 0 Å². The maximum absolute atomic E-state index is 13.0. The van der Waals surface area contributed by atoms with E-state index in [1.807, 2.05) is 0 Å². The molecule has 2 atom stereocenters. The van der Waals surface area contributed by atoms with Gasteiger partial charge in [0.1, 0.15) is 5.82 Å². The third-order valence-electron chi connectivity index (χ3n) is 4.18. The van der Waals surface area contributed by atoms with Gasteiger partial charge < -0.3 is 5.73 Å². The minimum Gasteiger partial charge on any atom is -0.329 e. The van der Waals surface area contributed by atoms with E-state index < -0.39 is 0 Å². The van der Waals surface area contributed by atoms with E-state index in [0.29, 0.717) is 17.6 Å². The monoisotopic (exact) mass is 284 g/mol. The molecular weight excluding hydrogens is 263 g/mol. The molecule has 19 heavy (non-hydrogen) atoms. The highest BCUT2D eigenvalue weighted by Crippen LogP contribution is 2.28. The zero-order valence-corrected chi connectivity index (χ0v) is 12.2. The van der Waals surface area contributed by atoms with Crippen LogP contribution in [0.2, 0.25) is 5.02 Å². The average Bonchev–Trinajstić information content (AvgIpc) is 2.42. The fourth-order valence-corrected chi connectivity index (χ4v) is 3.10. The van der Waals surface area contributed by atoms with Crippen LogP contribution in [0.4, 0.5) is 4.39 Å². The van der Waals surface area contributed by atoms with Crippen LogP contribution in [-0.2, 0) is 6.54 Å². The van der Waals surface area contributed by atoms with Crippen LogP contribution in [0.15, 0.2) is 18.2 Å². The molecule has 1 heterocycles. The molecule has 0 radical (unpaired) electrons. The summed E-state index contributed by atoms with van der Waals surface area (Å²) < 4.78 is 13.0. The largest absolute Gasteiger partial charge is 0.329 e. The number of likely N-dealkylation sites (tertiary alicyclic amines) is 1. The first-order valence-corrected chi connectivity index (χ1v) is 7.39. The minimum atomic E-state index is -0.284. The molecule has 2 N–H and O–H groups in total. The number of benzene rings is 1. The lowest BCUT2D eigenvalue weighted by molar-refractivity contribution is 0.107. The van der Waals surface area contributed by atoms with Gasteiger partial charge in [-0.15, -0.1) is 0 Å². The van der Waals surface area contributed by atoms with Gasteiger partial charge in [-0.05, 0) is 43.0 Å². The molecule has 1 aliphatic heterocycles. The van der Waals surface area contributed by atoms with Crippen LogP contribution in [-0.4, -0.2) is 24.0 Å². The molecule has 0 aromatic heterocycles. The molecule has 2 unspecified atom stereocenters. The quantitative estimate of drug-likeness (QED) is 0.918. The summed E-state index contributed by atoms with van der Waals surface area (Å²) in [7, 11) is 0. The predicted molar refractivity (Wildman–Crippen MR) is 77.7 cm³/mol. The summed E-state index contributed by atoms with van der Waals surface area (Å²) >= 11 is 6.10. The highest BCUT2D eigenvalue weighted by Gasteiger charge is 2.26. The molecule has 1 aromatic carbocycles. The van der Waals surface area contributed by atoms with Crippen molar-refractivity contribution in [3.05, 3.63) is 34.6 Å². The Kier molecular flexibility index (Phi) is 5.20. The molecule has 1 aliphatic rings. The maximum atomic E-state index is 13.0. The van der Waals surface area contributed by atoms with Crippen LogP contribution in [0, 0.1) is 11.7 Å². The Balaban J connectivity index is 2.05. The summed E-state index contributed by atoms with van der Waals surface area (Å²) in [5.74, 6) is 0.502. The van der Waals surface area contributed by atoms with Gasteiger partial charge in [0.25, 0.3) is 0 Å². The average molecular weight is 285 g/mol. The number of hydrogen-bond donors (Lipinski definition) is 1. The lowest BCUT2D eigenvalue weighted by atomic mass is 9.88. The summed E-state index contributed by atoms with van der Waals surface area (Å²) in [6, 6.07) is 5.04. The molecular formula is C15H22ClFN2. The molecule has 0 spiro atoms. The molecule has 0 saturated carbocycles. The van der Waals surface area contributed by atoms with E-state index in [4.69, 9.17) is 17.3 Å². The minimum absolute atomic E-state index is 0.284. The maximum Gasteiger partial charge on any atom is 0.124 e. The van der Waals surface area contributed by atoms with E-state index in [2.05, 4.69) is 11.8 Å². The van der Waals surface area contributed by atoms with Gasteiger partial charge in [-0.1, -0.05) is 31.0 Å². The van der Waals surface area contributed by atoms with Crippen molar-refractivity contribution in [2.45, 2.75) is 38.8 Å². The molecule has 2 nitrogen and oxygen atoms in total. The zero-order chi connectivity index (χ0) is 13.8. The van der Waals surface area contributed by atoms with E-state index in [0.717, 1.165) is 31.0 Å². The fraction of sp³-hybridized carbons (Fsp3) is 0.600. The molecule has 2 rings (SSSR count). The molecule has 1 fully saturated rings. The van der Waals surface area contributed by atoms with Gasteiger partial charge in [-0.25, -0.2) is 4.39 Å². The fourth-order valence-electron chi connectivity index (χ4n) is 2.88. The van der Waals surface area contributed by atoms with Gasteiger partial charge in [-0.3, -0.25) is 4.90 Å². The van der Waals surface area contributed by atoms with Crippen LogP contribution >= 0.6 is 11.6 Å². The Hall–Kier alpha value is -0.640. The van der Waals surface area contributed by atoms with Crippen LogP contribution < -0.4 is 5.73 Å². The van der Waals surface area contributed by atoms with Gasteiger partial charge in [0.05, 0.1) is 0 Å². The van der Waals surface area contributed by atoms with Gasteiger partial charge >= 0.3 is 0 Å². The van der Waals surface area contributed by atoms with Crippen molar-refractivity contribution in [2.75, 3.05) is 13.1 Å². The lowest BCUT2D eigenvalue weighted by Crippen LogP contribution is -2.46. The van der Waals surface area contributed by atoms with E-state index in [9.17, 15) is 4.39 Å². The van der Waals surface area contributed by atoms with E-state index in [1.54, 1.807) is 6.07 Å². The Bertz CT molecular complexity index is 425. The summed E-state index contributed by atoms with van der Waals surface area (Å²) in [5.41, 5.74) is 6.87. The third kappa shape index (κ3) is 3.68. The number of halogens is 2. The van der Waals surface area contributed by atoms with Crippen molar-refractivity contribution in [2.24, 2.45) is 11.7 Å². The summed E-state index contributed by atoms with van der Waals surface area (Å²) in [6.07, 6.45) is 3.60. The SMILES string of the molecule is CCC1CCN(Cc2ccc(F)cc2Cl)C(CN)C1. The molecule has 0 bridgehead atoms. The second-order valence-electron chi connectivity index (χ2n) is 5.39. The number of rotatable bonds is 4. The second-order valence-corrected chi connectivity index (χ2v) is 5.80. The van der Waals surface area contributed by atoms with Gasteiger partial charge in [-0.2, -0.15) is 0 Å². The Morgan fingerprint density at radius 1 is 1.47 bits per heavy atom. The van der Waals surface area contributed by atoms with Crippen molar-refractivity contribution in [3.8, 4) is 0 Å². The van der Waals surface area contributed by atoms with E-state index in [-0.39, 0.29) is 5.82 Å². The Morgan fingerprint density at radius 2 is 2.26 bits per heavy atom. The van der Waals surface area contributed by atoms with Crippen molar-refractivity contribution < 1.29 is 4.39 Å². The highest BCUT2D eigenvalue weighted by molar-refractivity contribution is 6.31. The molecule has 1 saturated heterocycles. The van der Waals surface area contributed by atoms with Crippen LogP contribution in [0.1, 0.15) is 31.7 Å². The number of nitrogens with zero attached hydrogens (tertiary/aromatic N) is 1. The summed E-state index contributed by atoms with van der Waals surface area (Å²) in [4.78, 5) is 2.38. The molecule has 0 amide bonds. The standard InChI is InChI=1S/C15H22ClFN2/c1-2-11-5-6-19(14(7-11)9-18)10-12-3-4-13(17)8-15(12)16/h3-4,8,11,14H,2,5-7,9-10,18H2,1H3. The number of hydrogen-bond acceptors (Lipinski definition) is 2. The van der Waals surface area contributed by atoms with Gasteiger partial charge in [0.15, 0.2) is 0 Å². The highest BCUT2D eigenvalue weighted by atomic mass is 35.5. The van der Waals surface area contributed by atoms with E-state index in [1.165, 1.54) is 25.0 Å². The lowest BCUT2D eigenvalue weighted by Gasteiger charge is -2.39. The Labute approximate surface area is 119 Å². The van der Waals surface area contributed by atoms with E-state index >= 15 is 0 Å². The summed E-state index contributed by atoms with van der Waals surface area (Å²) in [5, 5.41) is 0.508. The summed E-state index contributed by atoms with van der Waals surface area (Å²) in [6.45, 7) is 4.73. The number of nitrogens with two attached hydrogens (primary N) is 1. The second kappa shape index (κ2) is 6.69. The molecule has 1 aromatic rings. The van der Waals surface area contributed by atoms with Crippen LogP contribution in [0.3, 0.4) is 0 Å². The Morgan fingerprint density at radius 3 is 2.89 bits per heavy atom. The predicted octanol–water partition coefficient (Wildman–Crippen LogP) is 3.43. The molecule has 106 valence electrons. The van der Waals surface area contributed by atoms with Gasteiger partial charge in [0, 0.05) is 24.2 Å². The molecule has 4 heteroatoms. The van der Waals surface area contributed by atoms with Crippen molar-refractivity contribution in [3.63, 3.8) is 0 Å². The first-order valence-electron chi connectivity index (χ1n) is 7.02. The third-order valence-corrected chi connectivity index (χ3v) is 4.54. The van der Waals surface area contributed by atoms with Crippen molar-refractivity contribution >= 4 is 11.6 Å². The van der Waals surface area contributed by atoms with Crippen LogP contribution in [0.25, 0.3) is 0 Å². The molecule has 0 aliphatic carbocycles. The number of piperidine rings is 1. The van der Waals surface area contributed by atoms with Crippen molar-refractivity contribution in [1.82, 2.24) is 4.90 Å². The first-order chi connectivity index (χ1) is 9.13. The van der Waals surface area contributed by atoms with Crippen molar-refractivity contribution in [1.29, 1.82) is 0 Å². The van der Waals surface area contributed by atoms with Crippen LogP contribution in [0.5, 0.6) is 0 Å².